The predicted molar refractivity (Wildman–Crippen MR) is 99.9 cm³/mol. The minimum atomic E-state index is 0.177. The number of carbonyl (C=O) groups is 1. The molecular formula is C18H21ClN4OS. The Morgan fingerprint density at radius 3 is 2.72 bits per heavy atom. The number of anilines is 1. The summed E-state index contributed by atoms with van der Waals surface area (Å²) in [6, 6.07) is 2.48. The van der Waals surface area contributed by atoms with Crippen molar-refractivity contribution in [3.05, 3.63) is 39.8 Å². The second-order valence-electron chi connectivity index (χ2n) is 7.05. The van der Waals surface area contributed by atoms with Crippen LogP contribution in [0.1, 0.15) is 31.7 Å². The minimum absolute atomic E-state index is 0.177. The number of piperidine rings is 1. The van der Waals surface area contributed by atoms with Crippen LogP contribution in [0, 0.1) is 5.41 Å². The Labute approximate surface area is 156 Å². The quantitative estimate of drug-likeness (QED) is 0.818. The van der Waals surface area contributed by atoms with Crippen LogP contribution in [0.25, 0.3) is 0 Å². The molecule has 1 amide bonds. The summed E-state index contributed by atoms with van der Waals surface area (Å²) >= 11 is 7.55. The topological polar surface area (TPSA) is 49.3 Å². The predicted octanol–water partition coefficient (Wildman–Crippen LogP) is 3.60. The molecular weight excluding hydrogens is 356 g/mol. The summed E-state index contributed by atoms with van der Waals surface area (Å²) in [4.78, 5) is 25.1. The highest BCUT2D eigenvalue weighted by atomic mass is 35.5. The van der Waals surface area contributed by atoms with E-state index in [1.807, 2.05) is 0 Å². The molecule has 0 N–H and O–H groups in total. The van der Waals surface area contributed by atoms with Crippen LogP contribution in [0.3, 0.4) is 0 Å². The molecule has 1 aliphatic heterocycles. The molecule has 25 heavy (non-hydrogen) atoms. The Hall–Kier alpha value is -1.66. The second-order valence-corrected chi connectivity index (χ2v) is 8.27. The first-order valence-electron chi connectivity index (χ1n) is 8.58. The van der Waals surface area contributed by atoms with Gasteiger partial charge in [0.25, 0.3) is 0 Å². The Kier molecular flexibility index (Phi) is 4.41. The number of hydrogen-bond acceptors (Lipinski definition) is 5. The molecule has 1 spiro atoms. The fourth-order valence-electron chi connectivity index (χ4n) is 3.95. The van der Waals surface area contributed by atoms with Crippen LogP contribution in [0.2, 0.25) is 5.02 Å². The summed E-state index contributed by atoms with van der Waals surface area (Å²) < 4.78 is 0. The van der Waals surface area contributed by atoms with E-state index < -0.39 is 0 Å². The standard InChI is InChI=1S/C18H21ClN4OS/c1-13(24)23(11-14-2-7-25-12-14)16-8-18(16)3-5-22(6-4-18)17-20-9-15(19)10-21-17/h2,7,9-10,12,16H,3-6,8,11H2,1H3/t16-/m1/s1. The third-order valence-electron chi connectivity index (χ3n) is 5.51. The van der Waals surface area contributed by atoms with E-state index in [2.05, 4.69) is 36.6 Å². The zero-order valence-electron chi connectivity index (χ0n) is 14.2. The van der Waals surface area contributed by atoms with Crippen LogP contribution in [0.5, 0.6) is 0 Å². The van der Waals surface area contributed by atoms with Crippen molar-refractivity contribution < 1.29 is 4.79 Å². The number of hydrogen-bond donors (Lipinski definition) is 0. The van der Waals surface area contributed by atoms with Crippen molar-refractivity contribution >= 4 is 34.8 Å². The molecule has 0 bridgehead atoms. The van der Waals surface area contributed by atoms with Crippen molar-refractivity contribution in [2.24, 2.45) is 5.41 Å². The van der Waals surface area contributed by atoms with Gasteiger partial charge in [-0.2, -0.15) is 11.3 Å². The summed E-state index contributed by atoms with van der Waals surface area (Å²) in [7, 11) is 0. The molecule has 1 aliphatic carbocycles. The van der Waals surface area contributed by atoms with Crippen LogP contribution in [0.15, 0.2) is 29.2 Å². The number of carbonyl (C=O) groups excluding carboxylic acids is 1. The zero-order chi connectivity index (χ0) is 17.4. The number of nitrogens with zero attached hydrogens (tertiary/aromatic N) is 4. The first-order valence-corrected chi connectivity index (χ1v) is 9.90. The molecule has 2 aromatic heterocycles. The summed E-state index contributed by atoms with van der Waals surface area (Å²) in [5.74, 6) is 0.926. The van der Waals surface area contributed by atoms with Crippen LogP contribution in [0.4, 0.5) is 5.95 Å². The number of amides is 1. The highest BCUT2D eigenvalue weighted by Crippen LogP contribution is 2.57. The monoisotopic (exact) mass is 376 g/mol. The molecule has 4 rings (SSSR count). The summed E-state index contributed by atoms with van der Waals surface area (Å²) in [5.41, 5.74) is 1.51. The SMILES string of the molecule is CC(=O)N(Cc1ccsc1)[C@@H]1CC12CCN(c1ncc(Cl)cn1)CC2. The number of aromatic nitrogens is 2. The van der Waals surface area contributed by atoms with Gasteiger partial charge in [0.1, 0.15) is 0 Å². The number of halogens is 1. The molecule has 1 atom stereocenters. The van der Waals surface area contributed by atoms with Crippen LogP contribution in [-0.4, -0.2) is 39.9 Å². The Balaban J connectivity index is 1.40. The van der Waals surface area contributed by atoms with Crippen molar-refractivity contribution in [3.63, 3.8) is 0 Å². The van der Waals surface area contributed by atoms with Crippen molar-refractivity contribution in [2.75, 3.05) is 18.0 Å². The third-order valence-corrected chi connectivity index (χ3v) is 6.44. The van der Waals surface area contributed by atoms with Crippen molar-refractivity contribution in [1.82, 2.24) is 14.9 Å². The fourth-order valence-corrected chi connectivity index (χ4v) is 4.70. The van der Waals surface area contributed by atoms with Gasteiger partial charge in [-0.05, 0) is 47.1 Å². The van der Waals surface area contributed by atoms with E-state index in [1.165, 1.54) is 5.56 Å². The Bertz CT molecular complexity index is 741. The van der Waals surface area contributed by atoms with E-state index in [0.29, 0.717) is 11.1 Å². The van der Waals surface area contributed by atoms with Gasteiger partial charge in [-0.3, -0.25) is 4.79 Å². The van der Waals surface area contributed by atoms with Crippen molar-refractivity contribution in [2.45, 2.75) is 38.8 Å². The molecule has 3 heterocycles. The lowest BCUT2D eigenvalue weighted by molar-refractivity contribution is -0.130. The maximum atomic E-state index is 12.2. The molecule has 0 aromatic carbocycles. The molecule has 5 nitrogen and oxygen atoms in total. The van der Waals surface area contributed by atoms with Gasteiger partial charge in [0, 0.05) is 32.6 Å². The van der Waals surface area contributed by atoms with E-state index >= 15 is 0 Å². The molecule has 132 valence electrons. The number of rotatable bonds is 4. The van der Waals surface area contributed by atoms with E-state index in [0.717, 1.165) is 44.8 Å². The lowest BCUT2D eigenvalue weighted by atomic mass is 9.92. The number of thiophene rings is 1. The van der Waals surface area contributed by atoms with Gasteiger partial charge in [0.15, 0.2) is 0 Å². The third kappa shape index (κ3) is 3.37. The minimum Gasteiger partial charge on any atom is -0.341 e. The van der Waals surface area contributed by atoms with Crippen LogP contribution in [-0.2, 0) is 11.3 Å². The highest BCUT2D eigenvalue weighted by Gasteiger charge is 2.58. The van der Waals surface area contributed by atoms with Gasteiger partial charge in [-0.1, -0.05) is 11.6 Å². The zero-order valence-corrected chi connectivity index (χ0v) is 15.8. The van der Waals surface area contributed by atoms with E-state index in [4.69, 9.17) is 11.6 Å². The van der Waals surface area contributed by atoms with E-state index in [-0.39, 0.29) is 11.3 Å². The lowest BCUT2D eigenvalue weighted by Crippen LogP contribution is -2.40. The average molecular weight is 377 g/mol. The summed E-state index contributed by atoms with van der Waals surface area (Å²) in [5, 5.41) is 4.76. The smallest absolute Gasteiger partial charge is 0.225 e. The summed E-state index contributed by atoms with van der Waals surface area (Å²) in [6.07, 6.45) is 6.57. The molecule has 2 fully saturated rings. The Morgan fingerprint density at radius 2 is 2.12 bits per heavy atom. The highest BCUT2D eigenvalue weighted by molar-refractivity contribution is 7.07. The first kappa shape index (κ1) is 16.8. The largest absolute Gasteiger partial charge is 0.341 e. The average Bonchev–Trinajstić information content (AvgIpc) is 3.04. The maximum absolute atomic E-state index is 12.2. The molecule has 1 saturated carbocycles. The van der Waals surface area contributed by atoms with Gasteiger partial charge in [0.05, 0.1) is 17.4 Å². The van der Waals surface area contributed by atoms with Crippen LogP contribution >= 0.6 is 22.9 Å². The van der Waals surface area contributed by atoms with E-state index in [1.54, 1.807) is 30.7 Å². The van der Waals surface area contributed by atoms with Gasteiger partial charge >= 0.3 is 0 Å². The first-order chi connectivity index (χ1) is 12.1. The van der Waals surface area contributed by atoms with Crippen LogP contribution < -0.4 is 4.90 Å². The van der Waals surface area contributed by atoms with Gasteiger partial charge in [-0.25, -0.2) is 9.97 Å². The van der Waals surface area contributed by atoms with Gasteiger partial charge in [0.2, 0.25) is 11.9 Å². The van der Waals surface area contributed by atoms with Gasteiger partial charge < -0.3 is 9.80 Å². The van der Waals surface area contributed by atoms with E-state index in [9.17, 15) is 4.79 Å². The molecule has 1 saturated heterocycles. The maximum Gasteiger partial charge on any atom is 0.225 e. The van der Waals surface area contributed by atoms with Gasteiger partial charge in [-0.15, -0.1) is 0 Å². The van der Waals surface area contributed by atoms with Crippen molar-refractivity contribution in [3.8, 4) is 0 Å². The van der Waals surface area contributed by atoms with Crippen molar-refractivity contribution in [1.29, 1.82) is 0 Å². The normalized spacial score (nSPS) is 21.4. The second kappa shape index (κ2) is 6.57. The molecule has 0 radical (unpaired) electrons. The summed E-state index contributed by atoms with van der Waals surface area (Å²) in [6.45, 7) is 4.29. The molecule has 2 aromatic rings. The molecule has 0 unspecified atom stereocenters. The molecule has 2 aliphatic rings. The molecule has 7 heteroatoms. The lowest BCUT2D eigenvalue weighted by Gasteiger charge is -2.34. The fraction of sp³-hybridized carbons (Fsp3) is 0.500. The Morgan fingerprint density at radius 1 is 1.40 bits per heavy atom.